The lowest BCUT2D eigenvalue weighted by Gasteiger charge is -2.10. The Morgan fingerprint density at radius 3 is 2.78 bits per heavy atom. The number of aryl methyl sites for hydroxylation is 1. The lowest BCUT2D eigenvalue weighted by Crippen LogP contribution is -2.27. The van der Waals surface area contributed by atoms with Crippen molar-refractivity contribution in [3.63, 3.8) is 0 Å². The van der Waals surface area contributed by atoms with Crippen LogP contribution in [0.2, 0.25) is 0 Å². The van der Waals surface area contributed by atoms with Gasteiger partial charge in [-0.05, 0) is 35.8 Å². The Morgan fingerprint density at radius 1 is 1.56 bits per heavy atom. The van der Waals surface area contributed by atoms with Crippen LogP contribution in [0.4, 0.5) is 0 Å². The van der Waals surface area contributed by atoms with Crippen LogP contribution in [0, 0.1) is 6.92 Å². The molecule has 0 saturated carbocycles. The van der Waals surface area contributed by atoms with Gasteiger partial charge in [0.25, 0.3) is 0 Å². The fraction of sp³-hybridized carbons (Fsp3) is 0.375. The molecule has 1 unspecified atom stereocenters. The lowest BCUT2D eigenvalue weighted by molar-refractivity contribution is 0.560. The van der Waals surface area contributed by atoms with E-state index in [1.807, 2.05) is 0 Å². The largest absolute Gasteiger partial charge is 0.242 e. The normalized spacial score (nSPS) is 13.7. The topological polar surface area (TPSA) is 101 Å². The fourth-order valence-electron chi connectivity index (χ4n) is 1.40. The van der Waals surface area contributed by atoms with Gasteiger partial charge in [0, 0.05) is 4.88 Å². The third-order valence-electron chi connectivity index (χ3n) is 2.21. The standard InChI is InChI=1S/C8H10BrN5O2S2/c1-4(8-10-13-14-11-8)12-18(15,16)6-3-7(9)17-5(6)2/h3-4,12H,1-2H3,(H,10,11,13,14). The van der Waals surface area contributed by atoms with Crippen LogP contribution in [0.25, 0.3) is 0 Å². The molecule has 0 spiro atoms. The van der Waals surface area contributed by atoms with Crippen molar-refractivity contribution in [2.75, 3.05) is 0 Å². The SMILES string of the molecule is Cc1sc(Br)cc1S(=O)(=O)NC(C)c1nn[nH]n1. The molecule has 98 valence electrons. The van der Waals surface area contributed by atoms with Crippen LogP contribution >= 0.6 is 27.3 Å². The third-order valence-corrected chi connectivity index (χ3v) is 5.56. The van der Waals surface area contributed by atoms with E-state index in [2.05, 4.69) is 41.3 Å². The van der Waals surface area contributed by atoms with E-state index in [-0.39, 0.29) is 4.90 Å². The molecule has 2 aromatic heterocycles. The summed E-state index contributed by atoms with van der Waals surface area (Å²) in [4.78, 5) is 0.976. The molecule has 10 heteroatoms. The van der Waals surface area contributed by atoms with E-state index < -0.39 is 16.1 Å². The Kier molecular flexibility index (Phi) is 3.80. The molecule has 7 nitrogen and oxygen atoms in total. The van der Waals surface area contributed by atoms with E-state index in [0.29, 0.717) is 5.82 Å². The van der Waals surface area contributed by atoms with E-state index in [1.54, 1.807) is 19.9 Å². The van der Waals surface area contributed by atoms with E-state index in [4.69, 9.17) is 0 Å². The van der Waals surface area contributed by atoms with Crippen molar-refractivity contribution >= 4 is 37.3 Å². The fourth-order valence-corrected chi connectivity index (χ4v) is 5.02. The second kappa shape index (κ2) is 5.03. The summed E-state index contributed by atoms with van der Waals surface area (Å²) in [6, 6.07) is 1.03. The highest BCUT2D eigenvalue weighted by Crippen LogP contribution is 2.30. The van der Waals surface area contributed by atoms with Crippen molar-refractivity contribution < 1.29 is 8.42 Å². The maximum atomic E-state index is 12.2. The Hall–Kier alpha value is -0.840. The molecule has 0 saturated heterocycles. The quantitative estimate of drug-likeness (QED) is 0.866. The average molecular weight is 352 g/mol. The summed E-state index contributed by atoms with van der Waals surface area (Å²) in [7, 11) is -3.59. The average Bonchev–Trinajstić information content (AvgIpc) is 2.86. The van der Waals surface area contributed by atoms with E-state index >= 15 is 0 Å². The molecule has 0 amide bonds. The molecule has 1 atom stereocenters. The number of hydrogen-bond donors (Lipinski definition) is 2. The molecule has 0 bridgehead atoms. The summed E-state index contributed by atoms with van der Waals surface area (Å²) in [5.41, 5.74) is 0. The molecule has 0 aliphatic rings. The zero-order valence-corrected chi connectivity index (χ0v) is 12.7. The molecule has 0 aromatic carbocycles. The third kappa shape index (κ3) is 2.76. The number of tetrazole rings is 1. The molecule has 0 aliphatic carbocycles. The zero-order chi connectivity index (χ0) is 13.3. The Bertz CT molecular complexity index is 637. The molecule has 2 rings (SSSR count). The molecule has 2 aromatic rings. The van der Waals surface area contributed by atoms with Crippen LogP contribution < -0.4 is 4.72 Å². The Morgan fingerprint density at radius 2 is 2.28 bits per heavy atom. The number of sulfonamides is 1. The molecule has 18 heavy (non-hydrogen) atoms. The van der Waals surface area contributed by atoms with Gasteiger partial charge in [0.2, 0.25) is 10.0 Å². The highest BCUT2D eigenvalue weighted by Gasteiger charge is 2.23. The first-order valence-electron chi connectivity index (χ1n) is 4.92. The molecule has 0 aliphatic heterocycles. The lowest BCUT2D eigenvalue weighted by atomic mass is 10.4. The summed E-state index contributed by atoms with van der Waals surface area (Å²) in [6.07, 6.45) is 0. The smallest absolute Gasteiger partial charge is 0.207 e. The molecule has 0 fully saturated rings. The van der Waals surface area contributed by atoms with E-state index in [0.717, 1.165) is 8.66 Å². The van der Waals surface area contributed by atoms with Gasteiger partial charge in [-0.2, -0.15) is 5.21 Å². The van der Waals surface area contributed by atoms with Gasteiger partial charge in [0.05, 0.1) is 14.7 Å². The molecule has 2 N–H and O–H groups in total. The summed E-state index contributed by atoms with van der Waals surface area (Å²) < 4.78 is 27.6. The van der Waals surface area contributed by atoms with Crippen molar-refractivity contribution in [2.24, 2.45) is 0 Å². The van der Waals surface area contributed by atoms with Gasteiger partial charge in [-0.3, -0.25) is 0 Å². The number of rotatable bonds is 4. The predicted octanol–water partition coefficient (Wildman–Crippen LogP) is 1.37. The van der Waals surface area contributed by atoms with Crippen LogP contribution in [-0.2, 0) is 10.0 Å². The Labute approximate surface area is 116 Å². The highest BCUT2D eigenvalue weighted by atomic mass is 79.9. The van der Waals surface area contributed by atoms with E-state index in [9.17, 15) is 8.42 Å². The minimum absolute atomic E-state index is 0.259. The molecule has 0 radical (unpaired) electrons. The van der Waals surface area contributed by atoms with Crippen molar-refractivity contribution in [3.8, 4) is 0 Å². The van der Waals surface area contributed by atoms with Gasteiger partial charge in [0.15, 0.2) is 5.82 Å². The monoisotopic (exact) mass is 351 g/mol. The molecular weight excluding hydrogens is 342 g/mol. The summed E-state index contributed by atoms with van der Waals surface area (Å²) in [5, 5.41) is 13.2. The number of hydrogen-bond acceptors (Lipinski definition) is 6. The minimum atomic E-state index is -3.59. The summed E-state index contributed by atoms with van der Waals surface area (Å²) in [6.45, 7) is 3.40. The number of thiophene rings is 1. The van der Waals surface area contributed by atoms with Crippen molar-refractivity contribution in [1.29, 1.82) is 0 Å². The van der Waals surface area contributed by atoms with Gasteiger partial charge in [-0.1, -0.05) is 5.21 Å². The van der Waals surface area contributed by atoms with E-state index in [1.165, 1.54) is 11.3 Å². The second-order valence-electron chi connectivity index (χ2n) is 3.58. The maximum Gasteiger partial charge on any atom is 0.242 e. The van der Waals surface area contributed by atoms with Gasteiger partial charge in [-0.25, -0.2) is 13.1 Å². The van der Waals surface area contributed by atoms with Crippen LogP contribution in [-0.4, -0.2) is 29.0 Å². The summed E-state index contributed by atoms with van der Waals surface area (Å²) in [5.74, 6) is 0.297. The van der Waals surface area contributed by atoms with Gasteiger partial charge >= 0.3 is 0 Å². The van der Waals surface area contributed by atoms with Crippen molar-refractivity contribution in [1.82, 2.24) is 25.3 Å². The van der Waals surface area contributed by atoms with Gasteiger partial charge in [-0.15, -0.1) is 21.5 Å². The minimum Gasteiger partial charge on any atom is -0.207 e. The first-order chi connectivity index (χ1) is 8.40. The number of aromatic nitrogens is 4. The Balaban J connectivity index is 2.25. The summed E-state index contributed by atoms with van der Waals surface area (Å²) >= 11 is 4.64. The molecule has 2 heterocycles. The zero-order valence-electron chi connectivity index (χ0n) is 9.51. The predicted molar refractivity (Wildman–Crippen MR) is 69.7 cm³/mol. The van der Waals surface area contributed by atoms with Gasteiger partial charge < -0.3 is 0 Å². The number of nitrogens with one attached hydrogen (secondary N) is 2. The van der Waals surface area contributed by atoms with Crippen LogP contribution in [0.15, 0.2) is 14.7 Å². The first kappa shape index (κ1) is 13.6. The van der Waals surface area contributed by atoms with Crippen molar-refractivity contribution in [2.45, 2.75) is 24.8 Å². The van der Waals surface area contributed by atoms with Gasteiger partial charge in [0.1, 0.15) is 0 Å². The number of aromatic amines is 1. The highest BCUT2D eigenvalue weighted by molar-refractivity contribution is 9.11. The molecular formula is C8H10BrN5O2S2. The first-order valence-corrected chi connectivity index (χ1v) is 8.01. The second-order valence-corrected chi connectivity index (χ2v) is 7.90. The van der Waals surface area contributed by atoms with Crippen LogP contribution in [0.3, 0.4) is 0 Å². The number of nitrogens with zero attached hydrogens (tertiary/aromatic N) is 3. The number of H-pyrrole nitrogens is 1. The van der Waals surface area contributed by atoms with Crippen LogP contribution in [0.5, 0.6) is 0 Å². The van der Waals surface area contributed by atoms with Crippen molar-refractivity contribution in [3.05, 3.63) is 20.6 Å². The van der Waals surface area contributed by atoms with Crippen LogP contribution in [0.1, 0.15) is 23.7 Å². The number of halogens is 1. The maximum absolute atomic E-state index is 12.2.